The minimum Gasteiger partial charge on any atom is -0.452 e. The first-order chi connectivity index (χ1) is 13.5. The van der Waals surface area contributed by atoms with Crippen molar-refractivity contribution in [2.45, 2.75) is 25.7 Å². The average molecular weight is 380 g/mol. The molecule has 1 aliphatic rings. The van der Waals surface area contributed by atoms with Crippen molar-refractivity contribution in [1.29, 1.82) is 0 Å². The molecular weight excluding hydrogens is 356 g/mol. The Bertz CT molecular complexity index is 833. The maximum absolute atomic E-state index is 12.1. The quantitative estimate of drug-likeness (QED) is 0.750. The summed E-state index contributed by atoms with van der Waals surface area (Å²) in [5, 5.41) is 2.78. The van der Waals surface area contributed by atoms with Gasteiger partial charge in [-0.25, -0.2) is 4.79 Å². The summed E-state index contributed by atoms with van der Waals surface area (Å²) in [6.07, 6.45) is 1.41. The molecule has 0 aliphatic carbocycles. The predicted molar refractivity (Wildman–Crippen MR) is 106 cm³/mol. The number of anilines is 1. The zero-order valence-electron chi connectivity index (χ0n) is 15.9. The van der Waals surface area contributed by atoms with Crippen molar-refractivity contribution < 1.29 is 19.1 Å². The summed E-state index contributed by atoms with van der Waals surface area (Å²) >= 11 is 0. The molecule has 2 aromatic carbocycles. The SMILES string of the molecule is C[C@H](CNC(=O)COC(=O)c1ccc(N2CCCC2=O)cc1)c1ccccc1. The molecule has 0 unspecified atom stereocenters. The van der Waals surface area contributed by atoms with E-state index < -0.39 is 5.97 Å². The fourth-order valence-electron chi connectivity index (χ4n) is 3.13. The molecule has 2 aromatic rings. The van der Waals surface area contributed by atoms with E-state index in [9.17, 15) is 14.4 Å². The smallest absolute Gasteiger partial charge is 0.338 e. The molecule has 1 saturated heterocycles. The van der Waals surface area contributed by atoms with Gasteiger partial charge in [-0.05, 0) is 42.2 Å². The lowest BCUT2D eigenvalue weighted by Crippen LogP contribution is -2.31. The molecule has 0 spiro atoms. The normalized spacial score (nSPS) is 14.6. The van der Waals surface area contributed by atoms with E-state index in [1.54, 1.807) is 29.2 Å². The van der Waals surface area contributed by atoms with Gasteiger partial charge in [0.05, 0.1) is 5.56 Å². The molecule has 1 N–H and O–H groups in total. The Morgan fingerprint density at radius 1 is 1.11 bits per heavy atom. The third-order valence-corrected chi connectivity index (χ3v) is 4.80. The zero-order valence-corrected chi connectivity index (χ0v) is 15.9. The fraction of sp³-hybridized carbons (Fsp3) is 0.318. The number of rotatable bonds is 7. The van der Waals surface area contributed by atoms with Crippen LogP contribution in [0.3, 0.4) is 0 Å². The van der Waals surface area contributed by atoms with Crippen LogP contribution in [0.4, 0.5) is 5.69 Å². The van der Waals surface area contributed by atoms with E-state index in [-0.39, 0.29) is 24.3 Å². The Hall–Kier alpha value is -3.15. The molecular formula is C22H24N2O4. The molecule has 0 saturated carbocycles. The monoisotopic (exact) mass is 380 g/mol. The number of esters is 1. The minimum absolute atomic E-state index is 0.0942. The highest BCUT2D eigenvalue weighted by molar-refractivity contribution is 5.96. The van der Waals surface area contributed by atoms with Crippen molar-refractivity contribution in [1.82, 2.24) is 5.32 Å². The van der Waals surface area contributed by atoms with Gasteiger partial charge >= 0.3 is 5.97 Å². The van der Waals surface area contributed by atoms with Gasteiger partial charge in [0.1, 0.15) is 0 Å². The number of hydrogen-bond donors (Lipinski definition) is 1. The van der Waals surface area contributed by atoms with Gasteiger partial charge in [-0.15, -0.1) is 0 Å². The number of amides is 2. The molecule has 1 heterocycles. The van der Waals surface area contributed by atoms with Crippen LogP contribution in [0.1, 0.15) is 41.6 Å². The summed E-state index contributed by atoms with van der Waals surface area (Å²) in [4.78, 5) is 37.5. The highest BCUT2D eigenvalue weighted by atomic mass is 16.5. The van der Waals surface area contributed by atoms with Gasteiger partial charge in [0.15, 0.2) is 6.61 Å². The minimum atomic E-state index is -0.564. The summed E-state index contributed by atoms with van der Waals surface area (Å²) in [7, 11) is 0. The van der Waals surface area contributed by atoms with Crippen molar-refractivity contribution >= 4 is 23.5 Å². The number of hydrogen-bond acceptors (Lipinski definition) is 4. The third kappa shape index (κ3) is 4.97. The Morgan fingerprint density at radius 3 is 2.46 bits per heavy atom. The zero-order chi connectivity index (χ0) is 19.9. The summed E-state index contributed by atoms with van der Waals surface area (Å²) in [5.41, 5.74) is 2.25. The van der Waals surface area contributed by atoms with Crippen LogP contribution in [-0.2, 0) is 14.3 Å². The van der Waals surface area contributed by atoms with Crippen molar-refractivity contribution in [3.63, 3.8) is 0 Å². The Labute approximate surface area is 164 Å². The summed E-state index contributed by atoms with van der Waals surface area (Å²) in [6.45, 7) is 2.87. The number of ether oxygens (including phenoxy) is 1. The lowest BCUT2D eigenvalue weighted by molar-refractivity contribution is -0.124. The van der Waals surface area contributed by atoms with Crippen LogP contribution in [0.15, 0.2) is 54.6 Å². The van der Waals surface area contributed by atoms with Crippen LogP contribution in [0.2, 0.25) is 0 Å². The van der Waals surface area contributed by atoms with Gasteiger partial charge in [0.25, 0.3) is 5.91 Å². The molecule has 0 aromatic heterocycles. The van der Waals surface area contributed by atoms with Crippen LogP contribution in [0.5, 0.6) is 0 Å². The van der Waals surface area contributed by atoms with Gasteiger partial charge in [-0.1, -0.05) is 37.3 Å². The Kier molecular flexibility index (Phi) is 6.42. The standard InChI is InChI=1S/C22H24N2O4/c1-16(17-6-3-2-4-7-17)14-23-20(25)15-28-22(27)18-9-11-19(12-10-18)24-13-5-8-21(24)26/h2-4,6-7,9-12,16H,5,8,13-15H2,1H3,(H,23,25)/t16-/m1/s1. The molecule has 3 rings (SSSR count). The van der Waals surface area contributed by atoms with E-state index in [2.05, 4.69) is 5.32 Å². The molecule has 0 radical (unpaired) electrons. The predicted octanol–water partition coefficient (Wildman–Crippen LogP) is 2.89. The molecule has 1 fully saturated rings. The second kappa shape index (κ2) is 9.17. The summed E-state index contributed by atoms with van der Waals surface area (Å²) < 4.78 is 5.08. The lowest BCUT2D eigenvalue weighted by Gasteiger charge is -2.15. The number of carbonyl (C=O) groups excluding carboxylic acids is 3. The van der Waals surface area contributed by atoms with Gasteiger partial charge in [0, 0.05) is 25.2 Å². The largest absolute Gasteiger partial charge is 0.452 e. The van der Waals surface area contributed by atoms with E-state index in [1.165, 1.54) is 0 Å². The van der Waals surface area contributed by atoms with E-state index in [0.29, 0.717) is 25.1 Å². The second-order valence-electron chi connectivity index (χ2n) is 6.89. The lowest BCUT2D eigenvalue weighted by atomic mass is 10.0. The van der Waals surface area contributed by atoms with E-state index in [1.807, 2.05) is 37.3 Å². The van der Waals surface area contributed by atoms with Crippen LogP contribution < -0.4 is 10.2 Å². The van der Waals surface area contributed by atoms with Gasteiger partial charge < -0.3 is 15.0 Å². The van der Waals surface area contributed by atoms with Crippen molar-refractivity contribution in [3.8, 4) is 0 Å². The second-order valence-corrected chi connectivity index (χ2v) is 6.89. The molecule has 6 heteroatoms. The van der Waals surface area contributed by atoms with E-state index in [0.717, 1.165) is 17.7 Å². The van der Waals surface area contributed by atoms with E-state index in [4.69, 9.17) is 4.74 Å². The average Bonchev–Trinajstić information content (AvgIpc) is 3.16. The molecule has 2 amide bonds. The van der Waals surface area contributed by atoms with Crippen molar-refractivity contribution in [2.75, 3.05) is 24.6 Å². The first-order valence-corrected chi connectivity index (χ1v) is 9.44. The molecule has 0 bridgehead atoms. The van der Waals surface area contributed by atoms with E-state index >= 15 is 0 Å². The molecule has 28 heavy (non-hydrogen) atoms. The highest BCUT2D eigenvalue weighted by Crippen LogP contribution is 2.21. The first-order valence-electron chi connectivity index (χ1n) is 9.44. The molecule has 1 atom stereocenters. The van der Waals surface area contributed by atoms with Gasteiger partial charge in [-0.2, -0.15) is 0 Å². The topological polar surface area (TPSA) is 75.7 Å². The number of nitrogens with one attached hydrogen (secondary N) is 1. The Balaban J connectivity index is 1.44. The van der Waals surface area contributed by atoms with Crippen LogP contribution in [0, 0.1) is 0 Å². The highest BCUT2D eigenvalue weighted by Gasteiger charge is 2.22. The maximum atomic E-state index is 12.1. The molecule has 1 aliphatic heterocycles. The molecule has 146 valence electrons. The maximum Gasteiger partial charge on any atom is 0.338 e. The van der Waals surface area contributed by atoms with Gasteiger partial charge in [0.2, 0.25) is 5.91 Å². The van der Waals surface area contributed by atoms with Crippen LogP contribution in [0.25, 0.3) is 0 Å². The third-order valence-electron chi connectivity index (χ3n) is 4.80. The first kappa shape index (κ1) is 19.6. The van der Waals surface area contributed by atoms with Crippen molar-refractivity contribution in [3.05, 3.63) is 65.7 Å². The number of carbonyl (C=O) groups is 3. The van der Waals surface area contributed by atoms with Crippen LogP contribution in [-0.4, -0.2) is 37.5 Å². The summed E-state index contributed by atoms with van der Waals surface area (Å²) in [5.74, 6) is -0.639. The summed E-state index contributed by atoms with van der Waals surface area (Å²) in [6, 6.07) is 16.6. The van der Waals surface area contributed by atoms with Crippen molar-refractivity contribution in [2.24, 2.45) is 0 Å². The number of benzene rings is 2. The Morgan fingerprint density at radius 2 is 1.82 bits per heavy atom. The van der Waals surface area contributed by atoms with Gasteiger partial charge in [-0.3, -0.25) is 9.59 Å². The number of nitrogens with zero attached hydrogens (tertiary/aromatic N) is 1. The fourth-order valence-corrected chi connectivity index (χ4v) is 3.13. The molecule has 6 nitrogen and oxygen atoms in total. The van der Waals surface area contributed by atoms with Crippen LogP contribution >= 0.6 is 0 Å².